The second-order valence-corrected chi connectivity index (χ2v) is 5.82. The van der Waals surface area contributed by atoms with Crippen molar-refractivity contribution in [3.63, 3.8) is 0 Å². The number of aliphatic hydroxyl groups excluding tert-OH is 4. The predicted molar refractivity (Wildman–Crippen MR) is 83.5 cm³/mol. The molecule has 4 unspecified atom stereocenters. The highest BCUT2D eigenvalue weighted by Crippen LogP contribution is 2.30. The van der Waals surface area contributed by atoms with Crippen LogP contribution in [-0.4, -0.2) is 61.1 Å². The highest BCUT2D eigenvalue weighted by atomic mass is 32.1. The van der Waals surface area contributed by atoms with E-state index in [0.29, 0.717) is 0 Å². The van der Waals surface area contributed by atoms with Crippen LogP contribution in [0.4, 0.5) is 0 Å². The second kappa shape index (κ2) is 7.36. The monoisotopic (exact) mass is 328 g/mol. The van der Waals surface area contributed by atoms with E-state index >= 15 is 0 Å². The molecule has 0 saturated heterocycles. The number of benzene rings is 1. The number of aliphatic hydroxyl groups is 5. The van der Waals surface area contributed by atoms with Crippen molar-refractivity contribution in [2.24, 2.45) is 0 Å². The Morgan fingerprint density at radius 3 is 2.14 bits per heavy atom. The highest BCUT2D eigenvalue weighted by Gasteiger charge is 2.49. The summed E-state index contributed by atoms with van der Waals surface area (Å²) >= 11 is 4.78. The summed E-state index contributed by atoms with van der Waals surface area (Å²) in [5.41, 5.74) is -1.62. The summed E-state index contributed by atoms with van der Waals surface area (Å²) in [4.78, 5) is 12.1. The minimum Gasteiger partial charge on any atom is -0.394 e. The molecule has 0 aliphatic heterocycles. The van der Waals surface area contributed by atoms with E-state index < -0.39 is 36.3 Å². The number of aryl methyl sites for hydroxylation is 1. The van der Waals surface area contributed by atoms with E-state index in [4.69, 9.17) is 17.3 Å². The van der Waals surface area contributed by atoms with E-state index in [0.717, 1.165) is 5.56 Å². The molecular formula is C15H20O6S. The summed E-state index contributed by atoms with van der Waals surface area (Å²) in [6, 6.07) is 6.08. The lowest BCUT2D eigenvalue weighted by atomic mass is 9.79. The first-order valence-corrected chi connectivity index (χ1v) is 7.07. The molecule has 0 aliphatic rings. The van der Waals surface area contributed by atoms with Crippen LogP contribution in [0.15, 0.2) is 24.3 Å². The molecule has 0 amide bonds. The van der Waals surface area contributed by atoms with Crippen LogP contribution >= 0.6 is 12.2 Å². The number of thiocarbonyl (C=S) groups is 1. The molecule has 122 valence electrons. The van der Waals surface area contributed by atoms with Crippen molar-refractivity contribution in [3.8, 4) is 0 Å². The Morgan fingerprint density at radius 1 is 1.23 bits per heavy atom. The number of ketones is 1. The van der Waals surface area contributed by atoms with Gasteiger partial charge in [0.05, 0.1) is 11.5 Å². The van der Waals surface area contributed by atoms with E-state index in [-0.39, 0.29) is 10.4 Å². The summed E-state index contributed by atoms with van der Waals surface area (Å²) in [7, 11) is 0. The fraction of sp³-hybridized carbons (Fsp3) is 0.467. The smallest absolute Gasteiger partial charge is 0.208 e. The van der Waals surface area contributed by atoms with Crippen molar-refractivity contribution in [1.82, 2.24) is 0 Å². The number of carbonyl (C=O) groups is 1. The fourth-order valence-corrected chi connectivity index (χ4v) is 2.23. The third kappa shape index (κ3) is 3.57. The SMILES string of the molecule is CC(=S)C(=O)C(O)(c1ccc(C)cc1)C(O)C(O)C(O)CO. The number of carbonyl (C=O) groups excluding carboxylic acids is 1. The maximum atomic E-state index is 12.3. The number of rotatable bonds is 7. The molecule has 0 aliphatic carbocycles. The third-order valence-electron chi connectivity index (χ3n) is 3.49. The Morgan fingerprint density at radius 2 is 1.73 bits per heavy atom. The average Bonchev–Trinajstić information content (AvgIpc) is 2.51. The van der Waals surface area contributed by atoms with Crippen LogP contribution in [0.2, 0.25) is 0 Å². The zero-order valence-electron chi connectivity index (χ0n) is 12.3. The Balaban J connectivity index is 3.37. The summed E-state index contributed by atoms with van der Waals surface area (Å²) in [6.45, 7) is 2.25. The predicted octanol–water partition coefficient (Wildman–Crippen LogP) is -0.783. The van der Waals surface area contributed by atoms with Gasteiger partial charge in [0.25, 0.3) is 0 Å². The van der Waals surface area contributed by atoms with Gasteiger partial charge in [-0.15, -0.1) is 0 Å². The minimum atomic E-state index is -2.52. The summed E-state index contributed by atoms with van der Waals surface area (Å²) in [5, 5.41) is 49.2. The average molecular weight is 328 g/mol. The van der Waals surface area contributed by atoms with Crippen molar-refractivity contribution in [3.05, 3.63) is 35.4 Å². The van der Waals surface area contributed by atoms with E-state index in [1.54, 1.807) is 19.1 Å². The first kappa shape index (κ1) is 18.8. The first-order chi connectivity index (χ1) is 10.2. The number of Topliss-reactive ketones (excluding diaryl/α,β-unsaturated/α-hetero) is 1. The van der Waals surface area contributed by atoms with Crippen LogP contribution in [-0.2, 0) is 10.4 Å². The molecule has 0 radical (unpaired) electrons. The van der Waals surface area contributed by atoms with Crippen molar-refractivity contribution in [1.29, 1.82) is 0 Å². The van der Waals surface area contributed by atoms with Crippen molar-refractivity contribution in [2.45, 2.75) is 37.8 Å². The highest BCUT2D eigenvalue weighted by molar-refractivity contribution is 7.82. The van der Waals surface area contributed by atoms with Crippen LogP contribution in [0, 0.1) is 6.92 Å². The zero-order valence-corrected chi connectivity index (χ0v) is 13.1. The molecule has 4 atom stereocenters. The number of hydrogen-bond acceptors (Lipinski definition) is 7. The molecule has 0 fully saturated rings. The van der Waals surface area contributed by atoms with E-state index in [1.807, 2.05) is 0 Å². The molecule has 0 heterocycles. The van der Waals surface area contributed by atoms with Gasteiger partial charge in [-0.25, -0.2) is 0 Å². The summed E-state index contributed by atoms with van der Waals surface area (Å²) in [6.07, 6.45) is -5.72. The molecule has 0 spiro atoms. The van der Waals surface area contributed by atoms with Gasteiger partial charge >= 0.3 is 0 Å². The van der Waals surface area contributed by atoms with Gasteiger partial charge in [-0.2, -0.15) is 0 Å². The topological polar surface area (TPSA) is 118 Å². The maximum Gasteiger partial charge on any atom is 0.208 e. The normalized spacial score (nSPS) is 18.1. The molecule has 22 heavy (non-hydrogen) atoms. The van der Waals surface area contributed by atoms with Crippen LogP contribution in [0.3, 0.4) is 0 Å². The third-order valence-corrected chi connectivity index (χ3v) is 3.68. The van der Waals surface area contributed by atoms with E-state index in [2.05, 4.69) is 0 Å². The fourth-order valence-electron chi connectivity index (χ4n) is 2.08. The van der Waals surface area contributed by atoms with Crippen LogP contribution < -0.4 is 0 Å². The minimum absolute atomic E-state index is 0.0315. The molecule has 7 heteroatoms. The molecule has 1 aromatic rings. The Labute approximate surface area is 133 Å². The number of hydrogen-bond donors (Lipinski definition) is 5. The molecule has 0 bridgehead atoms. The lowest BCUT2D eigenvalue weighted by molar-refractivity contribution is -0.172. The van der Waals surface area contributed by atoms with E-state index in [1.165, 1.54) is 19.1 Å². The van der Waals surface area contributed by atoms with Gasteiger partial charge in [0.1, 0.15) is 18.3 Å². The molecule has 6 nitrogen and oxygen atoms in total. The first-order valence-electron chi connectivity index (χ1n) is 6.66. The van der Waals surface area contributed by atoms with Gasteiger partial charge in [-0.1, -0.05) is 42.0 Å². The quantitative estimate of drug-likeness (QED) is 0.417. The Kier molecular flexibility index (Phi) is 6.30. The van der Waals surface area contributed by atoms with Crippen molar-refractivity contribution >= 4 is 22.9 Å². The Bertz CT molecular complexity index is 543. The molecule has 0 aromatic heterocycles. The Hall–Kier alpha value is -1.22. The van der Waals surface area contributed by atoms with Gasteiger partial charge in [0.2, 0.25) is 5.78 Å². The van der Waals surface area contributed by atoms with Crippen LogP contribution in [0.25, 0.3) is 0 Å². The molecule has 1 aromatic carbocycles. The van der Waals surface area contributed by atoms with Gasteiger partial charge < -0.3 is 25.5 Å². The molecular weight excluding hydrogens is 308 g/mol. The van der Waals surface area contributed by atoms with Crippen LogP contribution in [0.1, 0.15) is 18.1 Å². The largest absolute Gasteiger partial charge is 0.394 e. The van der Waals surface area contributed by atoms with Gasteiger partial charge in [-0.3, -0.25) is 4.79 Å². The van der Waals surface area contributed by atoms with Gasteiger partial charge in [0.15, 0.2) is 5.60 Å². The zero-order chi connectivity index (χ0) is 17.1. The lowest BCUT2D eigenvalue weighted by Gasteiger charge is -2.35. The summed E-state index contributed by atoms with van der Waals surface area (Å²) in [5.74, 6) is -0.956. The second-order valence-electron chi connectivity index (χ2n) is 5.20. The molecule has 1 rings (SSSR count). The maximum absolute atomic E-state index is 12.3. The van der Waals surface area contributed by atoms with Crippen LogP contribution in [0.5, 0.6) is 0 Å². The summed E-state index contributed by atoms with van der Waals surface area (Å²) < 4.78 is 0. The van der Waals surface area contributed by atoms with E-state index in [9.17, 15) is 25.2 Å². The standard InChI is InChI=1S/C15H20O6S/c1-8-3-5-10(6-4-8)15(21,13(19)9(2)22)14(20)12(18)11(17)7-16/h3-6,11-12,14,16-18,20-21H,7H2,1-2H3. The van der Waals surface area contributed by atoms with Gasteiger partial charge in [-0.05, 0) is 19.4 Å². The van der Waals surface area contributed by atoms with Gasteiger partial charge in [0, 0.05) is 0 Å². The molecule has 0 saturated carbocycles. The lowest BCUT2D eigenvalue weighted by Crippen LogP contribution is -2.57. The van der Waals surface area contributed by atoms with Crippen molar-refractivity contribution in [2.75, 3.05) is 6.61 Å². The molecule has 5 N–H and O–H groups in total. The van der Waals surface area contributed by atoms with Crippen molar-refractivity contribution < 1.29 is 30.3 Å².